The van der Waals surface area contributed by atoms with E-state index in [9.17, 15) is 8.78 Å². The summed E-state index contributed by atoms with van der Waals surface area (Å²) in [4.78, 5) is 0. The van der Waals surface area contributed by atoms with Crippen molar-refractivity contribution in [2.45, 2.75) is 0 Å². The minimum atomic E-state index is -0.950. The lowest BCUT2D eigenvalue weighted by Gasteiger charge is -2.08. The third-order valence-corrected chi connectivity index (χ3v) is 1.65. The molecule has 15 heavy (non-hydrogen) atoms. The molecule has 0 saturated heterocycles. The fourth-order valence-corrected chi connectivity index (χ4v) is 1.00. The largest absolute Gasteiger partial charge is 0.485 e. The molecule has 0 aliphatic heterocycles. The van der Waals surface area contributed by atoms with Crippen molar-refractivity contribution in [3.8, 4) is 5.75 Å². The summed E-state index contributed by atoms with van der Waals surface area (Å²) in [5, 5.41) is 15.4. The van der Waals surface area contributed by atoms with Crippen LogP contribution in [0.15, 0.2) is 12.1 Å². The molecule has 82 valence electrons. The van der Waals surface area contributed by atoms with Crippen LogP contribution in [0.3, 0.4) is 0 Å². The van der Waals surface area contributed by atoms with Gasteiger partial charge in [0.15, 0.2) is 17.4 Å². The molecule has 0 fully saturated rings. The quantitative estimate of drug-likeness (QED) is 0.510. The van der Waals surface area contributed by atoms with Gasteiger partial charge in [-0.15, -0.1) is 0 Å². The second-order valence-corrected chi connectivity index (χ2v) is 2.75. The van der Waals surface area contributed by atoms with Crippen molar-refractivity contribution in [1.82, 2.24) is 0 Å². The summed E-state index contributed by atoms with van der Waals surface area (Å²) in [5.74, 6) is -2.90. The van der Waals surface area contributed by atoms with E-state index in [0.717, 1.165) is 12.1 Å². The van der Waals surface area contributed by atoms with E-state index in [4.69, 9.17) is 16.2 Å². The topological polar surface area (TPSA) is 79.3 Å². The highest BCUT2D eigenvalue weighted by atomic mass is 19.1. The Kier molecular flexibility index (Phi) is 3.56. The summed E-state index contributed by atoms with van der Waals surface area (Å²) >= 11 is 0. The van der Waals surface area contributed by atoms with E-state index in [1.807, 2.05) is 0 Å². The Balaban J connectivity index is 3.04. The summed E-state index contributed by atoms with van der Waals surface area (Å²) in [6, 6.07) is 1.80. The molecule has 6 heteroatoms. The number of nitrogens with one attached hydrogen (secondary N) is 1. The fraction of sp³-hybridized carbons (Fsp3) is 0.222. The van der Waals surface area contributed by atoms with Gasteiger partial charge in [0.25, 0.3) is 0 Å². The van der Waals surface area contributed by atoms with Crippen LogP contribution in [0.2, 0.25) is 0 Å². The van der Waals surface area contributed by atoms with E-state index in [1.165, 1.54) is 0 Å². The van der Waals surface area contributed by atoms with Crippen molar-refractivity contribution in [3.05, 3.63) is 29.3 Å². The zero-order valence-corrected chi connectivity index (χ0v) is 7.76. The van der Waals surface area contributed by atoms with Crippen molar-refractivity contribution in [3.63, 3.8) is 0 Å². The lowest BCUT2D eigenvalue weighted by molar-refractivity contribution is 0.191. The van der Waals surface area contributed by atoms with Crippen LogP contribution in [-0.2, 0) is 0 Å². The van der Waals surface area contributed by atoms with Crippen LogP contribution in [0, 0.1) is 17.0 Å². The predicted molar refractivity (Wildman–Crippen MR) is 50.0 cm³/mol. The van der Waals surface area contributed by atoms with Gasteiger partial charge in [-0.3, -0.25) is 5.41 Å². The summed E-state index contributed by atoms with van der Waals surface area (Å²) in [6.45, 7) is -0.541. The monoisotopic (exact) mass is 216 g/mol. The molecule has 4 N–H and O–H groups in total. The first-order valence-electron chi connectivity index (χ1n) is 4.13. The normalized spacial score (nSPS) is 10.1. The van der Waals surface area contributed by atoms with Gasteiger partial charge in [-0.25, -0.2) is 8.78 Å². The predicted octanol–water partition coefficient (Wildman–Crippen LogP) is 0.620. The van der Waals surface area contributed by atoms with Crippen LogP contribution in [0.5, 0.6) is 5.75 Å². The van der Waals surface area contributed by atoms with Gasteiger partial charge < -0.3 is 15.6 Å². The van der Waals surface area contributed by atoms with E-state index >= 15 is 0 Å². The molecule has 0 aliphatic rings. The van der Waals surface area contributed by atoms with Gasteiger partial charge in [0.1, 0.15) is 12.4 Å². The van der Waals surface area contributed by atoms with Gasteiger partial charge in [-0.2, -0.15) is 0 Å². The molecule has 1 aromatic rings. The van der Waals surface area contributed by atoms with E-state index < -0.39 is 23.2 Å². The van der Waals surface area contributed by atoms with Crippen molar-refractivity contribution in [1.29, 1.82) is 5.41 Å². The number of amidine groups is 1. The van der Waals surface area contributed by atoms with Gasteiger partial charge in [0, 0.05) is 5.56 Å². The molecule has 1 rings (SSSR count). The molecule has 0 spiro atoms. The first-order chi connectivity index (χ1) is 7.06. The third kappa shape index (κ3) is 2.63. The second-order valence-electron chi connectivity index (χ2n) is 2.75. The standard InChI is InChI=1S/C9H10F2N2O2/c10-6-3-5(9(12)13)4-7(11)8(6)15-2-1-14/h3-4,14H,1-2H2,(H3,12,13). The van der Waals surface area contributed by atoms with Crippen LogP contribution in [0.4, 0.5) is 8.78 Å². The summed E-state index contributed by atoms with van der Waals surface area (Å²) in [5.41, 5.74) is 5.02. The number of aliphatic hydroxyl groups is 1. The zero-order chi connectivity index (χ0) is 11.4. The maximum absolute atomic E-state index is 13.2. The summed E-state index contributed by atoms with van der Waals surface area (Å²) in [6.07, 6.45) is 0. The molecule has 0 amide bonds. The third-order valence-electron chi connectivity index (χ3n) is 1.65. The van der Waals surface area contributed by atoms with Crippen molar-refractivity contribution < 1.29 is 18.6 Å². The van der Waals surface area contributed by atoms with E-state index in [0.29, 0.717) is 0 Å². The highest BCUT2D eigenvalue weighted by Gasteiger charge is 2.13. The number of nitrogens with two attached hydrogens (primary N) is 1. The zero-order valence-electron chi connectivity index (χ0n) is 7.76. The molecular formula is C9H10F2N2O2. The summed E-state index contributed by atoms with van der Waals surface area (Å²) in [7, 11) is 0. The maximum Gasteiger partial charge on any atom is 0.190 e. The second kappa shape index (κ2) is 4.70. The maximum atomic E-state index is 13.2. The molecule has 0 heterocycles. The molecule has 0 aromatic heterocycles. The average Bonchev–Trinajstić information content (AvgIpc) is 2.16. The van der Waals surface area contributed by atoms with Crippen LogP contribution < -0.4 is 10.5 Å². The number of hydrogen-bond acceptors (Lipinski definition) is 3. The highest BCUT2D eigenvalue weighted by Crippen LogP contribution is 2.22. The number of nitrogen functional groups attached to an aromatic ring is 1. The molecule has 0 bridgehead atoms. The van der Waals surface area contributed by atoms with Crippen LogP contribution >= 0.6 is 0 Å². The van der Waals surface area contributed by atoms with Gasteiger partial charge in [-0.05, 0) is 12.1 Å². The number of halogens is 2. The molecular weight excluding hydrogens is 206 g/mol. The molecule has 0 radical (unpaired) electrons. The van der Waals surface area contributed by atoms with E-state index in [2.05, 4.69) is 4.74 Å². The van der Waals surface area contributed by atoms with E-state index in [1.54, 1.807) is 0 Å². The Morgan fingerprint density at radius 1 is 1.40 bits per heavy atom. The van der Waals surface area contributed by atoms with Gasteiger partial charge >= 0.3 is 0 Å². The van der Waals surface area contributed by atoms with Crippen molar-refractivity contribution in [2.24, 2.45) is 5.73 Å². The lowest BCUT2D eigenvalue weighted by Crippen LogP contribution is -2.13. The lowest BCUT2D eigenvalue weighted by atomic mass is 10.2. The van der Waals surface area contributed by atoms with Gasteiger partial charge in [-0.1, -0.05) is 0 Å². The fourth-order valence-electron chi connectivity index (χ4n) is 1.00. The average molecular weight is 216 g/mol. The Hall–Kier alpha value is -1.69. The highest BCUT2D eigenvalue weighted by molar-refractivity contribution is 5.95. The van der Waals surface area contributed by atoms with Crippen LogP contribution in [-0.4, -0.2) is 24.2 Å². The first-order valence-corrected chi connectivity index (χ1v) is 4.13. The van der Waals surface area contributed by atoms with E-state index in [-0.39, 0.29) is 18.8 Å². The molecule has 0 unspecified atom stereocenters. The van der Waals surface area contributed by atoms with Gasteiger partial charge in [0.2, 0.25) is 0 Å². The first kappa shape index (κ1) is 11.4. The number of ether oxygens (including phenoxy) is 1. The Bertz CT molecular complexity index is 359. The summed E-state index contributed by atoms with van der Waals surface area (Å²) < 4.78 is 31.0. The van der Waals surface area contributed by atoms with Crippen molar-refractivity contribution in [2.75, 3.05) is 13.2 Å². The number of hydrogen-bond donors (Lipinski definition) is 3. The SMILES string of the molecule is N=C(N)c1cc(F)c(OCCO)c(F)c1. The van der Waals surface area contributed by atoms with Crippen LogP contribution in [0.1, 0.15) is 5.56 Å². The van der Waals surface area contributed by atoms with Crippen LogP contribution in [0.25, 0.3) is 0 Å². The molecule has 1 aromatic carbocycles. The minimum Gasteiger partial charge on any atom is -0.485 e. The Labute approximate surface area is 84.8 Å². The molecule has 0 atom stereocenters. The molecule has 0 aliphatic carbocycles. The van der Waals surface area contributed by atoms with Gasteiger partial charge in [0.05, 0.1) is 6.61 Å². The Morgan fingerprint density at radius 2 is 1.93 bits per heavy atom. The number of rotatable bonds is 4. The molecule has 0 saturated carbocycles. The number of benzene rings is 1. The molecule has 4 nitrogen and oxygen atoms in total. The Morgan fingerprint density at radius 3 is 2.33 bits per heavy atom. The smallest absolute Gasteiger partial charge is 0.190 e. The number of aliphatic hydroxyl groups excluding tert-OH is 1. The van der Waals surface area contributed by atoms with Crippen molar-refractivity contribution >= 4 is 5.84 Å². The minimum absolute atomic E-state index is 0.0543.